The van der Waals surface area contributed by atoms with Crippen LogP contribution in [0.5, 0.6) is 5.75 Å². The lowest BCUT2D eigenvalue weighted by atomic mass is 10.0. The predicted octanol–water partition coefficient (Wildman–Crippen LogP) is 2.53. The molecule has 2 amide bonds. The average molecular weight is 500 g/mol. The van der Waals surface area contributed by atoms with Crippen LogP contribution in [0.1, 0.15) is 15.9 Å². The topological polar surface area (TPSA) is 124 Å². The number of nitrogens with zero attached hydrogens (tertiary/aromatic N) is 3. The van der Waals surface area contributed by atoms with E-state index in [9.17, 15) is 14.4 Å². The van der Waals surface area contributed by atoms with Crippen molar-refractivity contribution < 1.29 is 24.0 Å². The molecule has 4 aromatic rings. The number of ketones is 1. The third-order valence-electron chi connectivity index (χ3n) is 5.55. The van der Waals surface area contributed by atoms with E-state index in [0.29, 0.717) is 11.4 Å². The highest BCUT2D eigenvalue weighted by Gasteiger charge is 2.29. The minimum absolute atomic E-state index is 0.0707. The predicted molar refractivity (Wildman–Crippen MR) is 135 cm³/mol. The summed E-state index contributed by atoms with van der Waals surface area (Å²) in [5.74, 6) is -1.51. The minimum atomic E-state index is -1.17. The van der Waals surface area contributed by atoms with E-state index in [1.54, 1.807) is 55.9 Å². The summed E-state index contributed by atoms with van der Waals surface area (Å²) >= 11 is 0. The molecule has 0 spiro atoms. The van der Waals surface area contributed by atoms with Gasteiger partial charge in [-0.1, -0.05) is 42.5 Å². The molecule has 1 atom stereocenters. The fourth-order valence-electron chi connectivity index (χ4n) is 3.71. The summed E-state index contributed by atoms with van der Waals surface area (Å²) in [5, 5.41) is 7.24. The van der Waals surface area contributed by atoms with Crippen LogP contribution in [-0.4, -0.2) is 52.6 Å². The van der Waals surface area contributed by atoms with Crippen molar-refractivity contribution in [1.82, 2.24) is 25.6 Å². The number of pyridine rings is 1. The highest BCUT2D eigenvalue weighted by Crippen LogP contribution is 2.19. The summed E-state index contributed by atoms with van der Waals surface area (Å²) in [6.07, 6.45) is 3.32. The molecule has 0 aliphatic heterocycles. The highest BCUT2D eigenvalue weighted by molar-refractivity contribution is 6.38. The lowest BCUT2D eigenvalue weighted by molar-refractivity contribution is -0.145. The Bertz CT molecular complexity index is 1390. The first kappa shape index (κ1) is 25.3. The average Bonchev–Trinajstić information content (AvgIpc) is 3.43. The molecule has 0 radical (unpaired) electrons. The summed E-state index contributed by atoms with van der Waals surface area (Å²) in [6, 6.07) is 20.4. The molecule has 0 unspecified atom stereocenters. The molecule has 0 aliphatic carbocycles. The normalized spacial score (nSPS) is 11.4. The Morgan fingerprint density at radius 3 is 2.41 bits per heavy atom. The van der Waals surface area contributed by atoms with E-state index < -0.39 is 23.6 Å². The zero-order chi connectivity index (χ0) is 26.2. The van der Waals surface area contributed by atoms with Gasteiger partial charge in [-0.3, -0.25) is 19.2 Å². The Morgan fingerprint density at radius 1 is 0.946 bits per heavy atom. The maximum Gasteiger partial charge on any atom is 0.313 e. The number of nitrogens with one attached hydrogen (secondary N) is 2. The lowest BCUT2D eigenvalue weighted by Gasteiger charge is -2.18. The zero-order valence-electron chi connectivity index (χ0n) is 20.3. The maximum absolute atomic E-state index is 13.4. The summed E-state index contributed by atoms with van der Waals surface area (Å²) in [4.78, 5) is 47.4. The van der Waals surface area contributed by atoms with Gasteiger partial charge in [0.2, 0.25) is 5.78 Å². The molecule has 2 N–H and O–H groups in total. The molecule has 10 nitrogen and oxygen atoms in total. The van der Waals surface area contributed by atoms with Gasteiger partial charge in [0.15, 0.2) is 5.82 Å². The molecule has 10 heteroatoms. The quantitative estimate of drug-likeness (QED) is 0.254. The number of carbonyl (C=O) groups is 3. The van der Waals surface area contributed by atoms with Crippen molar-refractivity contribution in [2.24, 2.45) is 0 Å². The third-order valence-corrected chi connectivity index (χ3v) is 5.55. The molecule has 0 aliphatic rings. The molecule has 2 heterocycles. The van der Waals surface area contributed by atoms with E-state index in [0.717, 1.165) is 11.1 Å². The Morgan fingerprint density at radius 2 is 1.70 bits per heavy atom. The standard InChI is InChI=1S/C27H25N5O5/c1-36-20-12-10-18(11-13-20)17-23(24(33)27(35)31-37-2)29-26(34)21-9-6-15-28-25(21)32-16-14-22(30-32)19-7-4-3-5-8-19/h3-16,23H,17H2,1-2H3,(H,29,34)(H,31,35)/t23-/m1/s1. The highest BCUT2D eigenvalue weighted by atomic mass is 16.6. The van der Waals surface area contributed by atoms with E-state index >= 15 is 0 Å². The van der Waals surface area contributed by atoms with Crippen LogP contribution in [0, 0.1) is 0 Å². The molecular weight excluding hydrogens is 474 g/mol. The van der Waals surface area contributed by atoms with Crippen LogP contribution in [0.4, 0.5) is 0 Å². The molecule has 37 heavy (non-hydrogen) atoms. The first-order valence-electron chi connectivity index (χ1n) is 11.4. The number of carbonyl (C=O) groups excluding carboxylic acids is 3. The van der Waals surface area contributed by atoms with Gasteiger partial charge < -0.3 is 10.1 Å². The molecule has 0 fully saturated rings. The SMILES string of the molecule is CONC(=O)C(=O)[C@@H](Cc1ccc(OC)cc1)NC(=O)c1cccnc1-n1ccc(-c2ccccc2)n1. The first-order chi connectivity index (χ1) is 18.0. The van der Waals surface area contributed by atoms with Crippen molar-refractivity contribution in [2.45, 2.75) is 12.5 Å². The van der Waals surface area contributed by atoms with Crippen LogP contribution >= 0.6 is 0 Å². The van der Waals surface area contributed by atoms with Crippen molar-refractivity contribution >= 4 is 17.6 Å². The Hall–Kier alpha value is -4.83. The summed E-state index contributed by atoms with van der Waals surface area (Å²) in [7, 11) is 2.77. The summed E-state index contributed by atoms with van der Waals surface area (Å²) in [6.45, 7) is 0. The van der Waals surface area contributed by atoms with Crippen LogP contribution in [-0.2, 0) is 20.8 Å². The van der Waals surface area contributed by atoms with Crippen LogP contribution in [0.15, 0.2) is 85.2 Å². The van der Waals surface area contributed by atoms with E-state index in [1.807, 2.05) is 41.9 Å². The summed E-state index contributed by atoms with van der Waals surface area (Å²) < 4.78 is 6.66. The number of aromatic nitrogens is 3. The fourth-order valence-corrected chi connectivity index (χ4v) is 3.71. The summed E-state index contributed by atoms with van der Waals surface area (Å²) in [5.41, 5.74) is 4.54. The van der Waals surface area contributed by atoms with Crippen LogP contribution in [0.25, 0.3) is 17.1 Å². The van der Waals surface area contributed by atoms with Crippen molar-refractivity contribution in [1.29, 1.82) is 0 Å². The van der Waals surface area contributed by atoms with Crippen molar-refractivity contribution in [3.63, 3.8) is 0 Å². The number of rotatable bonds is 10. The number of amides is 2. The van der Waals surface area contributed by atoms with Crippen molar-refractivity contribution in [3.05, 3.63) is 96.3 Å². The number of benzene rings is 2. The maximum atomic E-state index is 13.4. The second-order valence-electron chi connectivity index (χ2n) is 7.96. The Balaban J connectivity index is 1.60. The smallest absolute Gasteiger partial charge is 0.313 e. The molecule has 4 rings (SSSR count). The van der Waals surface area contributed by atoms with E-state index in [2.05, 4.69) is 20.2 Å². The Kier molecular flexibility index (Phi) is 8.01. The number of hydrogen-bond acceptors (Lipinski definition) is 7. The zero-order valence-corrected chi connectivity index (χ0v) is 20.3. The van der Waals surface area contributed by atoms with Crippen molar-refractivity contribution in [3.8, 4) is 22.8 Å². The molecule has 0 saturated heterocycles. The van der Waals surface area contributed by atoms with Gasteiger partial charge in [0.25, 0.3) is 5.91 Å². The van der Waals surface area contributed by atoms with Gasteiger partial charge >= 0.3 is 5.91 Å². The van der Waals surface area contributed by atoms with Crippen LogP contribution in [0.2, 0.25) is 0 Å². The van der Waals surface area contributed by atoms with E-state index in [4.69, 9.17) is 4.74 Å². The number of hydrogen-bond donors (Lipinski definition) is 2. The second-order valence-corrected chi connectivity index (χ2v) is 7.96. The van der Waals surface area contributed by atoms with Gasteiger partial charge in [-0.15, -0.1) is 0 Å². The van der Waals surface area contributed by atoms with Gasteiger partial charge in [-0.2, -0.15) is 5.10 Å². The molecule has 2 aromatic heterocycles. The number of methoxy groups -OCH3 is 1. The Labute approximate surface area is 213 Å². The van der Waals surface area contributed by atoms with Crippen LogP contribution in [0.3, 0.4) is 0 Å². The van der Waals surface area contributed by atoms with Crippen molar-refractivity contribution in [2.75, 3.05) is 14.2 Å². The van der Waals surface area contributed by atoms with Gasteiger partial charge in [-0.05, 0) is 35.9 Å². The molecule has 0 bridgehead atoms. The van der Waals surface area contributed by atoms with Gasteiger partial charge in [0.1, 0.15) is 11.8 Å². The van der Waals surface area contributed by atoms with Gasteiger partial charge in [-0.25, -0.2) is 15.1 Å². The van der Waals surface area contributed by atoms with E-state index in [1.165, 1.54) is 11.8 Å². The second kappa shape index (κ2) is 11.7. The molecule has 188 valence electrons. The molecular formula is C27H25N5O5. The third kappa shape index (κ3) is 6.06. The monoisotopic (exact) mass is 499 g/mol. The van der Waals surface area contributed by atoms with Crippen LogP contribution < -0.4 is 15.5 Å². The number of hydroxylamine groups is 1. The molecule has 0 saturated carbocycles. The van der Waals surface area contributed by atoms with E-state index in [-0.39, 0.29) is 17.8 Å². The van der Waals surface area contributed by atoms with Gasteiger partial charge in [0.05, 0.1) is 25.5 Å². The lowest BCUT2D eigenvalue weighted by Crippen LogP contribution is -2.48. The number of ether oxygens (including phenoxy) is 1. The fraction of sp³-hybridized carbons (Fsp3) is 0.148. The minimum Gasteiger partial charge on any atom is -0.497 e. The molecule has 2 aromatic carbocycles. The first-order valence-corrected chi connectivity index (χ1v) is 11.4. The largest absolute Gasteiger partial charge is 0.497 e. The van der Waals surface area contributed by atoms with Gasteiger partial charge in [0, 0.05) is 24.4 Å². The number of Topliss-reactive ketones (excluding diaryl/α,β-unsaturated/α-hetero) is 1.